The summed E-state index contributed by atoms with van der Waals surface area (Å²) in [5, 5.41) is 8.05. The zero-order valence-electron chi connectivity index (χ0n) is 16.8. The lowest BCUT2D eigenvalue weighted by molar-refractivity contribution is -0.122. The number of anilines is 2. The Morgan fingerprint density at radius 3 is 2.41 bits per heavy atom. The summed E-state index contributed by atoms with van der Waals surface area (Å²) in [5.41, 5.74) is 1.53. The second kappa shape index (κ2) is 9.58. The highest BCUT2D eigenvalue weighted by Gasteiger charge is 2.20. The van der Waals surface area contributed by atoms with Crippen LogP contribution in [0.15, 0.2) is 71.6 Å². The van der Waals surface area contributed by atoms with Gasteiger partial charge in [-0.25, -0.2) is 0 Å². The fourth-order valence-corrected chi connectivity index (χ4v) is 3.57. The molecule has 0 aliphatic rings. The number of fused-ring (bicyclic) bond motifs is 1. The molecule has 150 valence electrons. The van der Waals surface area contributed by atoms with Gasteiger partial charge in [0.05, 0.1) is 18.3 Å². The van der Waals surface area contributed by atoms with Crippen molar-refractivity contribution in [2.45, 2.75) is 17.9 Å². The number of likely N-dealkylation sites (N-methyl/N-ethyl adjacent to an activating group) is 1. The molecule has 0 aliphatic heterocycles. The van der Waals surface area contributed by atoms with E-state index in [1.54, 1.807) is 30.6 Å². The first-order chi connectivity index (χ1) is 14.0. The highest BCUT2D eigenvalue weighted by atomic mass is 32.2. The van der Waals surface area contributed by atoms with Gasteiger partial charge in [0, 0.05) is 10.6 Å². The first-order valence-electron chi connectivity index (χ1n) is 9.40. The number of nitrogens with zero attached hydrogens (tertiary/aromatic N) is 1. The molecule has 3 rings (SSSR count). The maximum Gasteiger partial charge on any atom is 0.241 e. The molecule has 29 heavy (non-hydrogen) atoms. The van der Waals surface area contributed by atoms with E-state index in [4.69, 9.17) is 0 Å². The van der Waals surface area contributed by atoms with E-state index in [0.29, 0.717) is 0 Å². The van der Waals surface area contributed by atoms with Crippen molar-refractivity contribution in [3.8, 4) is 0 Å². The van der Waals surface area contributed by atoms with Crippen LogP contribution in [-0.2, 0) is 9.59 Å². The van der Waals surface area contributed by atoms with Gasteiger partial charge in [0.25, 0.3) is 0 Å². The van der Waals surface area contributed by atoms with Gasteiger partial charge in [-0.05, 0) is 55.3 Å². The SMILES string of the molecule is CSc1ccccc1NC(=O)CN(C)[C@@H](C)C(=O)Nc1ccc2ccccc2c1. The van der Waals surface area contributed by atoms with E-state index in [1.165, 1.54) is 0 Å². The molecule has 0 radical (unpaired) electrons. The molecule has 2 N–H and O–H groups in total. The lowest BCUT2D eigenvalue weighted by Crippen LogP contribution is -2.43. The molecule has 0 aromatic heterocycles. The Kier molecular flexibility index (Phi) is 6.90. The zero-order valence-corrected chi connectivity index (χ0v) is 17.6. The van der Waals surface area contributed by atoms with Gasteiger partial charge in [0.1, 0.15) is 0 Å². The fraction of sp³-hybridized carbons (Fsp3) is 0.217. The van der Waals surface area contributed by atoms with Gasteiger partial charge in [-0.15, -0.1) is 11.8 Å². The van der Waals surface area contributed by atoms with E-state index in [0.717, 1.165) is 27.0 Å². The Hall–Kier alpha value is -2.83. The molecule has 2 amide bonds. The smallest absolute Gasteiger partial charge is 0.241 e. The number of hydrogen-bond donors (Lipinski definition) is 2. The van der Waals surface area contributed by atoms with Gasteiger partial charge in [0.2, 0.25) is 11.8 Å². The molecule has 3 aromatic carbocycles. The second-order valence-electron chi connectivity index (χ2n) is 6.89. The molecular formula is C23H25N3O2S. The number of carbonyl (C=O) groups excluding carboxylic acids is 2. The minimum Gasteiger partial charge on any atom is -0.325 e. The number of para-hydroxylation sites is 1. The molecule has 0 unspecified atom stereocenters. The minimum absolute atomic E-state index is 0.120. The van der Waals surface area contributed by atoms with Crippen LogP contribution < -0.4 is 10.6 Å². The molecule has 0 bridgehead atoms. The standard InChI is InChI=1S/C23H25N3O2S/c1-16(23(28)24-19-13-12-17-8-4-5-9-18(17)14-19)26(2)15-22(27)25-20-10-6-7-11-21(20)29-3/h4-14,16H,15H2,1-3H3,(H,24,28)(H,25,27)/t16-/m0/s1. The lowest BCUT2D eigenvalue weighted by atomic mass is 10.1. The van der Waals surface area contributed by atoms with Crippen molar-refractivity contribution in [3.05, 3.63) is 66.7 Å². The first-order valence-corrected chi connectivity index (χ1v) is 10.6. The molecule has 0 saturated heterocycles. The van der Waals surface area contributed by atoms with Crippen molar-refractivity contribution < 1.29 is 9.59 Å². The van der Waals surface area contributed by atoms with E-state index in [-0.39, 0.29) is 18.4 Å². The van der Waals surface area contributed by atoms with E-state index < -0.39 is 6.04 Å². The number of hydrogen-bond acceptors (Lipinski definition) is 4. The van der Waals surface area contributed by atoms with Crippen molar-refractivity contribution in [1.82, 2.24) is 4.90 Å². The average molecular weight is 408 g/mol. The number of amides is 2. The van der Waals surface area contributed by atoms with Crippen LogP contribution >= 0.6 is 11.8 Å². The monoisotopic (exact) mass is 407 g/mol. The topological polar surface area (TPSA) is 61.4 Å². The van der Waals surface area contributed by atoms with Gasteiger partial charge in [-0.3, -0.25) is 14.5 Å². The van der Waals surface area contributed by atoms with Gasteiger partial charge < -0.3 is 10.6 Å². The van der Waals surface area contributed by atoms with Crippen molar-refractivity contribution in [2.75, 3.05) is 30.5 Å². The molecule has 0 heterocycles. The van der Waals surface area contributed by atoms with Crippen LogP contribution in [0.25, 0.3) is 10.8 Å². The zero-order chi connectivity index (χ0) is 20.8. The molecule has 6 heteroatoms. The van der Waals surface area contributed by atoms with E-state index in [9.17, 15) is 9.59 Å². The normalized spacial score (nSPS) is 12.0. The van der Waals surface area contributed by atoms with Crippen molar-refractivity contribution in [3.63, 3.8) is 0 Å². The number of nitrogens with one attached hydrogen (secondary N) is 2. The van der Waals surface area contributed by atoms with Crippen LogP contribution in [0.3, 0.4) is 0 Å². The largest absolute Gasteiger partial charge is 0.325 e. The van der Waals surface area contributed by atoms with Gasteiger partial charge in [0.15, 0.2) is 0 Å². The molecule has 0 aliphatic carbocycles. The van der Waals surface area contributed by atoms with Crippen LogP contribution in [0.4, 0.5) is 11.4 Å². The molecule has 1 atom stereocenters. The Bertz CT molecular complexity index is 1020. The summed E-state index contributed by atoms with van der Waals surface area (Å²) in [6.07, 6.45) is 1.97. The molecular weight excluding hydrogens is 382 g/mol. The Labute approximate surface area is 175 Å². The van der Waals surface area contributed by atoms with Gasteiger partial charge in [-0.2, -0.15) is 0 Å². The van der Waals surface area contributed by atoms with E-state index in [1.807, 2.05) is 73.0 Å². The number of carbonyl (C=O) groups is 2. The third kappa shape index (κ3) is 5.37. The molecule has 0 saturated carbocycles. The minimum atomic E-state index is -0.456. The lowest BCUT2D eigenvalue weighted by Gasteiger charge is -2.23. The number of rotatable bonds is 7. The number of thioether (sulfide) groups is 1. The average Bonchev–Trinajstić information content (AvgIpc) is 2.73. The van der Waals surface area contributed by atoms with E-state index >= 15 is 0 Å². The van der Waals surface area contributed by atoms with E-state index in [2.05, 4.69) is 10.6 Å². The molecule has 3 aromatic rings. The summed E-state index contributed by atoms with van der Waals surface area (Å²) in [4.78, 5) is 27.8. The Balaban J connectivity index is 1.58. The summed E-state index contributed by atoms with van der Waals surface area (Å²) in [6.45, 7) is 1.91. The summed E-state index contributed by atoms with van der Waals surface area (Å²) >= 11 is 1.58. The first kappa shape index (κ1) is 20.9. The molecule has 0 spiro atoms. The summed E-state index contributed by atoms with van der Waals surface area (Å²) in [7, 11) is 1.77. The van der Waals surface area contributed by atoms with Crippen LogP contribution in [-0.4, -0.2) is 42.6 Å². The summed E-state index contributed by atoms with van der Waals surface area (Å²) in [6, 6.07) is 21.0. The molecule has 0 fully saturated rings. The van der Waals surface area contributed by atoms with Crippen molar-refractivity contribution in [1.29, 1.82) is 0 Å². The van der Waals surface area contributed by atoms with Crippen LogP contribution in [0.5, 0.6) is 0 Å². The van der Waals surface area contributed by atoms with Crippen molar-refractivity contribution >= 4 is 45.7 Å². The maximum atomic E-state index is 12.6. The summed E-state index contributed by atoms with van der Waals surface area (Å²) < 4.78 is 0. The highest BCUT2D eigenvalue weighted by Crippen LogP contribution is 2.24. The third-order valence-electron chi connectivity index (χ3n) is 4.83. The quantitative estimate of drug-likeness (QED) is 0.568. The van der Waals surface area contributed by atoms with Gasteiger partial charge >= 0.3 is 0 Å². The predicted molar refractivity (Wildman–Crippen MR) is 122 cm³/mol. The molecule has 5 nitrogen and oxygen atoms in total. The third-order valence-corrected chi connectivity index (χ3v) is 5.63. The van der Waals surface area contributed by atoms with Crippen molar-refractivity contribution in [2.24, 2.45) is 0 Å². The van der Waals surface area contributed by atoms with Gasteiger partial charge in [-0.1, -0.05) is 42.5 Å². The Morgan fingerprint density at radius 2 is 1.66 bits per heavy atom. The van der Waals surface area contributed by atoms with Crippen LogP contribution in [0.1, 0.15) is 6.92 Å². The highest BCUT2D eigenvalue weighted by molar-refractivity contribution is 7.98. The van der Waals surface area contributed by atoms with Crippen LogP contribution in [0.2, 0.25) is 0 Å². The number of benzene rings is 3. The van der Waals surface area contributed by atoms with Crippen LogP contribution in [0, 0.1) is 0 Å². The fourth-order valence-electron chi connectivity index (χ4n) is 3.02. The predicted octanol–water partition coefficient (Wildman–Crippen LogP) is 4.46. The Morgan fingerprint density at radius 1 is 0.966 bits per heavy atom. The second-order valence-corrected chi connectivity index (χ2v) is 7.74. The summed E-state index contributed by atoms with van der Waals surface area (Å²) in [5.74, 6) is -0.306. The maximum absolute atomic E-state index is 12.6.